The number of rotatable bonds is 6. The zero-order valence-corrected chi connectivity index (χ0v) is 12.6. The summed E-state index contributed by atoms with van der Waals surface area (Å²) in [7, 11) is 0. The molecule has 0 aliphatic carbocycles. The maximum absolute atomic E-state index is 11.7. The topological polar surface area (TPSA) is 105 Å². The fraction of sp³-hybridized carbons (Fsp3) is 0.615. The molecular formula is C13H24N6O. The molecule has 1 rings (SSSR count). The summed E-state index contributed by atoms with van der Waals surface area (Å²) in [4.78, 5) is 19.8. The summed E-state index contributed by atoms with van der Waals surface area (Å²) in [6.07, 6.45) is 0.987. The van der Waals surface area contributed by atoms with E-state index in [-0.39, 0.29) is 23.9 Å². The molecule has 0 saturated carbocycles. The lowest BCUT2D eigenvalue weighted by molar-refractivity contribution is -0.120. The largest absolute Gasteiger partial charge is 0.370 e. The summed E-state index contributed by atoms with van der Waals surface area (Å²) >= 11 is 0. The first kappa shape index (κ1) is 16.0. The van der Waals surface area contributed by atoms with Gasteiger partial charge in [-0.3, -0.25) is 4.79 Å². The zero-order valence-electron chi connectivity index (χ0n) is 12.6. The Balaban J connectivity index is 2.59. The van der Waals surface area contributed by atoms with Crippen LogP contribution in [0, 0.1) is 0 Å². The average Bonchev–Trinajstić information content (AvgIpc) is 2.31. The predicted octanol–water partition coefficient (Wildman–Crippen LogP) is 1.21. The molecule has 7 heteroatoms. The van der Waals surface area contributed by atoms with Crippen LogP contribution >= 0.6 is 0 Å². The number of hydrogen-bond acceptors (Lipinski definition) is 6. The van der Waals surface area contributed by atoms with Gasteiger partial charge in [-0.1, -0.05) is 6.92 Å². The molecule has 1 aromatic heterocycles. The molecule has 0 bridgehead atoms. The van der Waals surface area contributed by atoms with Crippen molar-refractivity contribution in [1.29, 1.82) is 0 Å². The Bertz CT molecular complexity index is 455. The van der Waals surface area contributed by atoms with Gasteiger partial charge in [0.05, 0.1) is 6.54 Å². The number of carbonyl (C=O) groups excluding carboxylic acids is 1. The molecule has 0 aliphatic rings. The molecule has 0 radical (unpaired) electrons. The average molecular weight is 280 g/mol. The molecule has 0 aliphatic heterocycles. The maximum atomic E-state index is 11.7. The molecule has 20 heavy (non-hydrogen) atoms. The van der Waals surface area contributed by atoms with Crippen molar-refractivity contribution in [2.45, 2.75) is 39.7 Å². The molecule has 0 spiro atoms. The Labute approximate surface area is 119 Å². The highest BCUT2D eigenvalue weighted by molar-refractivity contribution is 5.81. The molecule has 1 heterocycles. The second-order valence-electron chi connectivity index (χ2n) is 5.58. The number of amides is 1. The number of nitrogen functional groups attached to an aromatic ring is 1. The van der Waals surface area contributed by atoms with Gasteiger partial charge in [0.15, 0.2) is 0 Å². The summed E-state index contributed by atoms with van der Waals surface area (Å²) in [6, 6.07) is 1.73. The Morgan fingerprint density at radius 1 is 1.25 bits per heavy atom. The Morgan fingerprint density at radius 2 is 1.85 bits per heavy atom. The SMILES string of the molecule is CCCNc1cc(NCC(=O)NC(C)(C)C)nc(N)n1. The Kier molecular flexibility index (Phi) is 5.54. The van der Waals surface area contributed by atoms with Crippen LogP contribution in [0.15, 0.2) is 6.07 Å². The number of nitrogens with one attached hydrogen (secondary N) is 3. The lowest BCUT2D eigenvalue weighted by Gasteiger charge is -2.20. The number of nitrogens with two attached hydrogens (primary N) is 1. The van der Waals surface area contributed by atoms with Crippen LogP contribution in [0.4, 0.5) is 17.6 Å². The molecule has 0 saturated heterocycles. The third-order valence-corrected chi connectivity index (χ3v) is 2.24. The summed E-state index contributed by atoms with van der Waals surface area (Å²) < 4.78 is 0. The Hall–Kier alpha value is -2.05. The lowest BCUT2D eigenvalue weighted by atomic mass is 10.1. The van der Waals surface area contributed by atoms with Crippen molar-refractivity contribution in [2.24, 2.45) is 0 Å². The second-order valence-corrected chi connectivity index (χ2v) is 5.58. The van der Waals surface area contributed by atoms with Crippen LogP contribution in [-0.2, 0) is 4.79 Å². The number of anilines is 3. The van der Waals surface area contributed by atoms with Gasteiger partial charge in [-0.25, -0.2) is 0 Å². The molecule has 5 N–H and O–H groups in total. The number of carbonyl (C=O) groups is 1. The number of aromatic nitrogens is 2. The molecule has 7 nitrogen and oxygen atoms in total. The van der Waals surface area contributed by atoms with E-state index in [4.69, 9.17) is 5.73 Å². The van der Waals surface area contributed by atoms with Crippen molar-refractivity contribution in [1.82, 2.24) is 15.3 Å². The fourth-order valence-electron chi connectivity index (χ4n) is 1.53. The van der Waals surface area contributed by atoms with Crippen molar-refractivity contribution < 1.29 is 4.79 Å². The van der Waals surface area contributed by atoms with Crippen LogP contribution < -0.4 is 21.7 Å². The van der Waals surface area contributed by atoms with E-state index >= 15 is 0 Å². The first-order valence-electron chi connectivity index (χ1n) is 6.73. The van der Waals surface area contributed by atoms with Gasteiger partial charge in [0, 0.05) is 18.2 Å². The van der Waals surface area contributed by atoms with Crippen LogP contribution in [-0.4, -0.2) is 34.5 Å². The molecule has 0 atom stereocenters. The van der Waals surface area contributed by atoms with Crippen LogP contribution in [0.2, 0.25) is 0 Å². The van der Waals surface area contributed by atoms with Crippen molar-refractivity contribution in [3.05, 3.63) is 6.07 Å². The van der Waals surface area contributed by atoms with E-state index in [0.717, 1.165) is 13.0 Å². The summed E-state index contributed by atoms with van der Waals surface area (Å²) in [6.45, 7) is 8.80. The highest BCUT2D eigenvalue weighted by Crippen LogP contribution is 2.12. The molecule has 0 aromatic carbocycles. The van der Waals surface area contributed by atoms with Crippen molar-refractivity contribution in [3.63, 3.8) is 0 Å². The van der Waals surface area contributed by atoms with E-state index in [1.165, 1.54) is 0 Å². The van der Waals surface area contributed by atoms with E-state index in [2.05, 4.69) is 32.8 Å². The zero-order chi connectivity index (χ0) is 15.2. The first-order chi connectivity index (χ1) is 9.30. The molecule has 0 unspecified atom stereocenters. The van der Waals surface area contributed by atoms with Gasteiger partial charge < -0.3 is 21.7 Å². The monoisotopic (exact) mass is 280 g/mol. The van der Waals surface area contributed by atoms with Crippen LogP contribution in [0.3, 0.4) is 0 Å². The van der Waals surface area contributed by atoms with Crippen LogP contribution in [0.1, 0.15) is 34.1 Å². The minimum absolute atomic E-state index is 0.0993. The van der Waals surface area contributed by atoms with Gasteiger partial charge in [0.2, 0.25) is 11.9 Å². The predicted molar refractivity (Wildman–Crippen MR) is 81.6 cm³/mol. The van der Waals surface area contributed by atoms with Gasteiger partial charge in [0.25, 0.3) is 0 Å². The van der Waals surface area contributed by atoms with E-state index in [0.29, 0.717) is 11.6 Å². The number of hydrogen-bond donors (Lipinski definition) is 4. The molecule has 112 valence electrons. The van der Waals surface area contributed by atoms with Crippen molar-refractivity contribution >= 4 is 23.5 Å². The minimum Gasteiger partial charge on any atom is -0.370 e. The Morgan fingerprint density at radius 3 is 2.40 bits per heavy atom. The van der Waals surface area contributed by atoms with E-state index in [1.54, 1.807) is 6.07 Å². The summed E-state index contributed by atoms with van der Waals surface area (Å²) in [5.41, 5.74) is 5.38. The molecule has 0 fully saturated rings. The maximum Gasteiger partial charge on any atom is 0.239 e. The second kappa shape index (κ2) is 6.93. The molecule has 1 amide bonds. The van der Waals surface area contributed by atoms with Gasteiger partial charge >= 0.3 is 0 Å². The van der Waals surface area contributed by atoms with Crippen LogP contribution in [0.5, 0.6) is 0 Å². The summed E-state index contributed by atoms with van der Waals surface area (Å²) in [5.74, 6) is 1.25. The standard InChI is InChI=1S/C13H24N6O/c1-5-6-15-9-7-10(18-12(14)17-9)16-8-11(20)19-13(2,3)4/h7H,5-6,8H2,1-4H3,(H,19,20)(H4,14,15,16,17,18). The van der Waals surface area contributed by atoms with E-state index in [9.17, 15) is 4.79 Å². The first-order valence-corrected chi connectivity index (χ1v) is 6.73. The van der Waals surface area contributed by atoms with Crippen molar-refractivity contribution in [3.8, 4) is 0 Å². The third-order valence-electron chi connectivity index (χ3n) is 2.24. The number of nitrogens with zero attached hydrogens (tertiary/aromatic N) is 2. The third kappa shape index (κ3) is 6.21. The molecule has 1 aromatic rings. The fourth-order valence-corrected chi connectivity index (χ4v) is 1.53. The van der Waals surface area contributed by atoms with Gasteiger partial charge in [-0.2, -0.15) is 9.97 Å². The summed E-state index contributed by atoms with van der Waals surface area (Å²) in [5, 5.41) is 8.93. The highest BCUT2D eigenvalue weighted by Gasteiger charge is 2.13. The van der Waals surface area contributed by atoms with Crippen molar-refractivity contribution in [2.75, 3.05) is 29.5 Å². The van der Waals surface area contributed by atoms with Gasteiger partial charge in [-0.05, 0) is 27.2 Å². The lowest BCUT2D eigenvalue weighted by Crippen LogP contribution is -2.43. The highest BCUT2D eigenvalue weighted by atomic mass is 16.2. The van der Waals surface area contributed by atoms with Gasteiger partial charge in [-0.15, -0.1) is 0 Å². The quantitative estimate of drug-likeness (QED) is 0.624. The smallest absolute Gasteiger partial charge is 0.239 e. The minimum atomic E-state index is -0.253. The molecular weight excluding hydrogens is 256 g/mol. The van der Waals surface area contributed by atoms with E-state index in [1.807, 2.05) is 20.8 Å². The van der Waals surface area contributed by atoms with Gasteiger partial charge in [0.1, 0.15) is 11.6 Å². The normalized spacial score (nSPS) is 11.0. The van der Waals surface area contributed by atoms with Crippen LogP contribution in [0.25, 0.3) is 0 Å². The van der Waals surface area contributed by atoms with E-state index < -0.39 is 0 Å².